The molecule has 0 bridgehead atoms. The molecule has 2 saturated carbocycles. The quantitative estimate of drug-likeness (QED) is 0.0656. The Balaban J connectivity index is 0.000000383. The smallest absolute Gasteiger partial charge is 0.0798 e. The Morgan fingerprint density at radius 1 is 0.411 bits per heavy atom. The summed E-state index contributed by atoms with van der Waals surface area (Å²) in [5.74, 6) is -1.28. The van der Waals surface area contributed by atoms with Crippen LogP contribution in [0.15, 0.2) is 97.6 Å². The summed E-state index contributed by atoms with van der Waals surface area (Å²) in [5.41, 5.74) is 4.63. The second-order valence-corrected chi connectivity index (χ2v) is 49.7. The Hall–Kier alpha value is -3.34. The Morgan fingerprint density at radius 3 is 1.07 bits per heavy atom. The van der Waals surface area contributed by atoms with Crippen LogP contribution in [0.4, 0.5) is 17.6 Å². The molecule has 4 radical (unpaired) electrons. The number of rotatable bonds is 13. The van der Waals surface area contributed by atoms with Crippen molar-refractivity contribution in [3.8, 4) is 45.0 Å². The fraction of sp³-hybridized carbons (Fsp3) is 0.443. The van der Waals surface area contributed by atoms with E-state index in [0.29, 0.717) is 45.1 Å². The number of aryl methyl sites for hydroxylation is 5. The minimum absolute atomic E-state index is 0. The van der Waals surface area contributed by atoms with Crippen LogP contribution in [0.3, 0.4) is 0 Å². The van der Waals surface area contributed by atoms with Crippen molar-refractivity contribution in [2.45, 2.75) is 211 Å². The molecule has 4 aromatic heterocycles. The van der Waals surface area contributed by atoms with Gasteiger partial charge < -0.3 is 19.9 Å². The van der Waals surface area contributed by atoms with E-state index in [9.17, 15) is 17.6 Å². The molecular weight excluding hydrogens is 1960 g/mol. The van der Waals surface area contributed by atoms with Gasteiger partial charge in [0.05, 0.1) is 32.3 Å². The number of hydrogen-bond acceptors (Lipinski definition) is 4. The summed E-state index contributed by atoms with van der Waals surface area (Å²) >= 11 is 0. The number of nitrogens with zero attached hydrogens (tertiary/aromatic N) is 4. The molecule has 0 atom stereocenters. The molecule has 522 valence electrons. The van der Waals surface area contributed by atoms with Gasteiger partial charge in [-0.25, -0.2) is 0 Å². The Bertz CT molecular complexity index is 4480. The number of halogens is 4. The molecule has 2 aliphatic carbocycles. The SMILES string of the molecule is [2H]C([2H])([2H])c1c[c-]c(-c2cc(C([2H])([2H])[2H])c([Si](C)(C)C)cn2)c(F)c1.[2H]C([2H])([2H])c1cc(F)c[c-]c1-c1cc(C([2H])([2H])C(C)(C)C)c([Si](C)(C)C)cn1.[2H]C([2H])([2H])c1cc(F)c[c-]c1-c1cc(CC2CCCC2)c([Si](C)(C)C)cn1.[2H]C([2H])([2H])c1cc(F)c[c-]c1-c1cc(CC2CCCCC2)c([Si](C)(C)C)cn1.[Ir].[Ir].[Ir].[Ir]. The van der Waals surface area contributed by atoms with Gasteiger partial charge in [0.1, 0.15) is 0 Å². The largest absolute Gasteiger partial charge is 0.305 e. The van der Waals surface area contributed by atoms with E-state index >= 15 is 0 Å². The van der Waals surface area contributed by atoms with Crippen molar-refractivity contribution in [2.75, 3.05) is 0 Å². The Labute approximate surface area is 651 Å². The first-order valence-corrected chi connectivity index (χ1v) is 45.7. The minimum atomic E-state index is -2.53. The number of pyridine rings is 4. The summed E-state index contributed by atoms with van der Waals surface area (Å²) in [6.45, 7) is 19.6. The molecule has 0 spiro atoms. The van der Waals surface area contributed by atoms with E-state index in [2.05, 4.69) is 103 Å². The summed E-state index contributed by atoms with van der Waals surface area (Å²) in [5, 5.41) is 4.24. The van der Waals surface area contributed by atoms with Gasteiger partial charge in [-0.2, -0.15) is 0 Å². The topological polar surface area (TPSA) is 51.6 Å². The van der Waals surface area contributed by atoms with Crippen LogP contribution in [0.2, 0.25) is 78.6 Å². The zero-order valence-electron chi connectivity index (χ0n) is 74.3. The first-order valence-electron chi connectivity index (χ1n) is 40.2. The second kappa shape index (κ2) is 36.8. The minimum Gasteiger partial charge on any atom is -0.305 e. The maximum absolute atomic E-state index is 14.4. The van der Waals surface area contributed by atoms with Gasteiger partial charge >= 0.3 is 0 Å². The van der Waals surface area contributed by atoms with Crippen molar-refractivity contribution < 1.29 is 121 Å². The molecule has 4 aromatic carbocycles. The molecule has 0 unspecified atom stereocenters. The summed E-state index contributed by atoms with van der Waals surface area (Å²) in [6, 6.07) is 26.7. The van der Waals surface area contributed by atoms with Gasteiger partial charge in [0.25, 0.3) is 0 Å². The van der Waals surface area contributed by atoms with Gasteiger partial charge in [0.2, 0.25) is 0 Å². The summed E-state index contributed by atoms with van der Waals surface area (Å²) < 4.78 is 188. The van der Waals surface area contributed by atoms with Gasteiger partial charge in [-0.1, -0.05) is 237 Å². The van der Waals surface area contributed by atoms with Crippen molar-refractivity contribution in [1.29, 1.82) is 0 Å². The number of aromatic nitrogens is 4. The Kier molecular flexibility index (Phi) is 23.9. The van der Waals surface area contributed by atoms with Crippen molar-refractivity contribution in [3.63, 3.8) is 0 Å². The first-order chi connectivity index (χ1) is 49.3. The molecule has 16 heteroatoms. The molecule has 2 aliphatic rings. The van der Waals surface area contributed by atoms with Crippen LogP contribution in [0.5, 0.6) is 0 Å². The van der Waals surface area contributed by atoms with E-state index in [1.165, 1.54) is 110 Å². The van der Waals surface area contributed by atoms with Crippen LogP contribution in [0.1, 0.15) is 146 Å². The third kappa shape index (κ3) is 25.1. The van der Waals surface area contributed by atoms with Crippen LogP contribution < -0.4 is 20.7 Å². The van der Waals surface area contributed by atoms with Crippen molar-refractivity contribution in [3.05, 3.63) is 190 Å². The maximum atomic E-state index is 14.4. The molecule has 95 heavy (non-hydrogen) atoms. The van der Waals surface area contributed by atoms with Crippen LogP contribution in [0.25, 0.3) is 45.0 Å². The summed E-state index contributed by atoms with van der Waals surface area (Å²) in [4.78, 5) is 17.8. The second-order valence-electron chi connectivity index (χ2n) is 29.6. The van der Waals surface area contributed by atoms with Crippen molar-refractivity contribution >= 4 is 53.0 Å². The first kappa shape index (κ1) is 61.5. The molecule has 4 heterocycles. The molecule has 2 fully saturated rings. The van der Waals surface area contributed by atoms with E-state index in [1.54, 1.807) is 12.3 Å². The zero-order valence-corrected chi connectivity index (χ0v) is 70.9. The molecule has 0 aliphatic heterocycles. The van der Waals surface area contributed by atoms with Gasteiger partial charge in [0.15, 0.2) is 0 Å². The fourth-order valence-electron chi connectivity index (χ4n) is 11.8. The van der Waals surface area contributed by atoms with Crippen LogP contribution in [-0.2, 0) is 99.6 Å². The van der Waals surface area contributed by atoms with E-state index in [-0.39, 0.29) is 131 Å². The van der Waals surface area contributed by atoms with E-state index in [4.69, 9.17) is 23.3 Å². The van der Waals surface area contributed by atoms with Gasteiger partial charge in [-0.05, 0) is 86.8 Å². The zero-order chi connectivity index (χ0) is 81.3. The molecule has 0 saturated heterocycles. The fourth-order valence-corrected chi connectivity index (χ4v) is 17.7. The molecule has 4 nitrogen and oxygen atoms in total. The van der Waals surface area contributed by atoms with Crippen molar-refractivity contribution in [2.24, 2.45) is 17.3 Å². The average molecular weight is 2080 g/mol. The van der Waals surface area contributed by atoms with Gasteiger partial charge in [-0.15, -0.1) is 112 Å². The maximum Gasteiger partial charge on any atom is 0.0798 e. The molecule has 0 amide bonds. The predicted octanol–water partition coefficient (Wildman–Crippen LogP) is 19.9. The van der Waals surface area contributed by atoms with Crippen LogP contribution in [-0.4, -0.2) is 52.2 Å². The van der Waals surface area contributed by atoms with Crippen molar-refractivity contribution in [1.82, 2.24) is 19.9 Å². The van der Waals surface area contributed by atoms with E-state index in [1.807, 2.05) is 64.9 Å². The normalized spacial score (nSPS) is 17.1. The van der Waals surface area contributed by atoms with Crippen LogP contribution in [0, 0.1) is 99.0 Å². The van der Waals surface area contributed by atoms with Gasteiger partial charge in [0, 0.05) is 152 Å². The van der Waals surface area contributed by atoms with E-state index < -0.39 is 102 Å². The van der Waals surface area contributed by atoms with Gasteiger partial charge in [-0.3, -0.25) is 17.6 Å². The molecular formula is C79H102F4Ir4N4Si4-4. The molecule has 10 rings (SSSR count). The summed E-state index contributed by atoms with van der Waals surface area (Å²) in [7, 11) is -7.06. The molecule has 0 N–H and O–H groups in total. The van der Waals surface area contributed by atoms with Crippen LogP contribution >= 0.6 is 0 Å². The monoisotopic (exact) mass is 2080 g/mol. The third-order valence-electron chi connectivity index (χ3n) is 16.4. The molecule has 8 aromatic rings. The number of benzene rings is 4. The average Bonchev–Trinajstić information content (AvgIpc) is 1.46. The summed E-state index contributed by atoms with van der Waals surface area (Å²) in [6.07, 6.45) is 18.9. The number of hydrogen-bond donors (Lipinski definition) is 0. The standard InChI is InChI=1S/C22H29FNSi.C21H27FNSi.C20H27FNSi.C16H19FNSi.4Ir/c1-16-12-19(23)10-11-20(16)21-14-18(13-17-8-6-5-7-9-17)22(15-24-21)25(2,3)4;1-15-11-18(22)9-10-19(15)20-13-17(12-16-7-5-6-8-16)21(14-23-20)24(2,3)4;1-14-10-16(21)8-9-17(14)18-11-15(12-20(2,3)4)19(13-22-18)23(5,6)7;1-11-6-7-13(14(17)8-11)15-9-12(2)16(10-18-15)19(3,4)5;;;;/h10,12,14-15,17H,5-9,13H2,1-4H3;9,11,13-14,16H,5-8,12H2,1-4H3;8,10-11,13H,12H2,1-7H3;6,8-10H,1-5H3;;;;/q4*-1;;;;/i2*1D3;1D3,12D2;1D3,2D3;;;;. The van der Waals surface area contributed by atoms with E-state index in [0.717, 1.165) is 48.4 Å². The Morgan fingerprint density at radius 2 is 0.737 bits per heavy atom. The third-order valence-corrected chi connectivity index (χ3v) is 24.5. The predicted molar refractivity (Wildman–Crippen MR) is 389 cm³/mol.